The van der Waals surface area contributed by atoms with Crippen molar-refractivity contribution in [1.82, 2.24) is 9.97 Å². The number of aryl methyl sites for hydroxylation is 2. The normalized spacial score (nSPS) is 10.4. The van der Waals surface area contributed by atoms with Gasteiger partial charge in [-0.3, -0.25) is 4.98 Å². The smallest absolute Gasteiger partial charge is 0.0944 e. The summed E-state index contributed by atoms with van der Waals surface area (Å²) in [6, 6.07) is 9.80. The van der Waals surface area contributed by atoms with E-state index in [0.717, 1.165) is 22.6 Å². The molecule has 2 aromatic rings. The van der Waals surface area contributed by atoms with Crippen LogP contribution in [0.5, 0.6) is 0 Å². The van der Waals surface area contributed by atoms with Gasteiger partial charge in [-0.05, 0) is 13.8 Å². The van der Waals surface area contributed by atoms with E-state index < -0.39 is 0 Å². The highest BCUT2D eigenvalue weighted by atomic mass is 16.3. The number of hydrogen-bond acceptors (Lipinski definition) is 3. The van der Waals surface area contributed by atoms with Crippen molar-refractivity contribution in [3.05, 3.63) is 47.4 Å². The van der Waals surface area contributed by atoms with Gasteiger partial charge in [-0.15, -0.1) is 0 Å². The molecular formula is C13H14N2O. The Labute approximate surface area is 94.8 Å². The fraction of sp³-hybridized carbons (Fsp3) is 0.231. The Morgan fingerprint density at radius 3 is 2.25 bits per heavy atom. The molecule has 82 valence electrons. The predicted molar refractivity (Wildman–Crippen MR) is 62.9 cm³/mol. The second-order valence-electron chi connectivity index (χ2n) is 3.71. The minimum atomic E-state index is -0.0850. The molecule has 0 amide bonds. The predicted octanol–water partition coefficient (Wildman–Crippen LogP) is 2.25. The monoisotopic (exact) mass is 214 g/mol. The highest BCUT2D eigenvalue weighted by molar-refractivity contribution is 5.61. The van der Waals surface area contributed by atoms with Crippen LogP contribution < -0.4 is 0 Å². The Hall–Kier alpha value is -1.74. The fourth-order valence-corrected chi connectivity index (χ4v) is 1.59. The molecule has 0 spiro atoms. The van der Waals surface area contributed by atoms with E-state index >= 15 is 0 Å². The summed E-state index contributed by atoms with van der Waals surface area (Å²) < 4.78 is 0. The number of aliphatic hydroxyl groups excluding tert-OH is 1. The lowest BCUT2D eigenvalue weighted by Gasteiger charge is -2.09. The van der Waals surface area contributed by atoms with Crippen molar-refractivity contribution in [2.45, 2.75) is 20.5 Å². The summed E-state index contributed by atoms with van der Waals surface area (Å²) >= 11 is 0. The SMILES string of the molecule is Cc1nc(CO)c(-c2ccccc2)nc1C. The van der Waals surface area contributed by atoms with Crippen LogP contribution in [-0.4, -0.2) is 15.1 Å². The summed E-state index contributed by atoms with van der Waals surface area (Å²) in [5.74, 6) is 0. The quantitative estimate of drug-likeness (QED) is 0.834. The fourth-order valence-electron chi connectivity index (χ4n) is 1.59. The third-order valence-corrected chi connectivity index (χ3v) is 2.58. The van der Waals surface area contributed by atoms with Crippen LogP contribution in [-0.2, 0) is 6.61 Å². The standard InChI is InChI=1S/C13H14N2O/c1-9-10(2)15-13(12(8-16)14-9)11-6-4-3-5-7-11/h3-7,16H,8H2,1-2H3. The lowest BCUT2D eigenvalue weighted by molar-refractivity contribution is 0.276. The van der Waals surface area contributed by atoms with E-state index in [0.29, 0.717) is 5.69 Å². The van der Waals surface area contributed by atoms with Gasteiger partial charge < -0.3 is 5.11 Å². The van der Waals surface area contributed by atoms with Crippen LogP contribution in [0.1, 0.15) is 17.1 Å². The first-order chi connectivity index (χ1) is 7.72. The van der Waals surface area contributed by atoms with E-state index in [-0.39, 0.29) is 6.61 Å². The third kappa shape index (κ3) is 1.95. The van der Waals surface area contributed by atoms with Gasteiger partial charge in [-0.2, -0.15) is 0 Å². The maximum Gasteiger partial charge on any atom is 0.0944 e. The molecule has 0 fully saturated rings. The molecule has 2 rings (SSSR count). The first-order valence-corrected chi connectivity index (χ1v) is 5.22. The summed E-state index contributed by atoms with van der Waals surface area (Å²) in [5.41, 5.74) is 4.16. The molecule has 1 heterocycles. The molecule has 0 saturated carbocycles. The van der Waals surface area contributed by atoms with Gasteiger partial charge in [0.25, 0.3) is 0 Å². The van der Waals surface area contributed by atoms with Gasteiger partial charge in [-0.25, -0.2) is 4.98 Å². The lowest BCUT2D eigenvalue weighted by atomic mass is 10.1. The molecule has 1 aromatic carbocycles. The van der Waals surface area contributed by atoms with Crippen LogP contribution in [0.2, 0.25) is 0 Å². The van der Waals surface area contributed by atoms with E-state index in [1.54, 1.807) is 0 Å². The number of aliphatic hydroxyl groups is 1. The zero-order chi connectivity index (χ0) is 11.5. The van der Waals surface area contributed by atoms with Crippen molar-refractivity contribution in [3.8, 4) is 11.3 Å². The number of nitrogens with zero attached hydrogens (tertiary/aromatic N) is 2. The molecule has 0 aliphatic heterocycles. The van der Waals surface area contributed by atoms with E-state index in [2.05, 4.69) is 9.97 Å². The molecule has 0 radical (unpaired) electrons. The van der Waals surface area contributed by atoms with Crippen molar-refractivity contribution in [1.29, 1.82) is 0 Å². The molecule has 16 heavy (non-hydrogen) atoms. The van der Waals surface area contributed by atoms with Crippen LogP contribution in [0.15, 0.2) is 30.3 Å². The summed E-state index contributed by atoms with van der Waals surface area (Å²) in [5, 5.41) is 9.29. The zero-order valence-electron chi connectivity index (χ0n) is 9.44. The van der Waals surface area contributed by atoms with Gasteiger partial charge in [-0.1, -0.05) is 30.3 Å². The molecule has 0 atom stereocenters. The molecule has 3 nitrogen and oxygen atoms in total. The number of benzene rings is 1. The van der Waals surface area contributed by atoms with E-state index in [1.165, 1.54) is 0 Å². The van der Waals surface area contributed by atoms with Gasteiger partial charge in [0.2, 0.25) is 0 Å². The molecule has 1 N–H and O–H groups in total. The summed E-state index contributed by atoms with van der Waals surface area (Å²) in [6.07, 6.45) is 0. The zero-order valence-corrected chi connectivity index (χ0v) is 9.44. The van der Waals surface area contributed by atoms with E-state index in [4.69, 9.17) is 0 Å². The first-order valence-electron chi connectivity index (χ1n) is 5.22. The van der Waals surface area contributed by atoms with Gasteiger partial charge >= 0.3 is 0 Å². The van der Waals surface area contributed by atoms with Gasteiger partial charge in [0, 0.05) is 5.56 Å². The van der Waals surface area contributed by atoms with Crippen LogP contribution in [0, 0.1) is 13.8 Å². The van der Waals surface area contributed by atoms with Crippen LogP contribution in [0.4, 0.5) is 0 Å². The summed E-state index contributed by atoms with van der Waals surface area (Å²) in [6.45, 7) is 3.74. The molecular weight excluding hydrogens is 200 g/mol. The Bertz CT molecular complexity index is 495. The van der Waals surface area contributed by atoms with Crippen molar-refractivity contribution in [3.63, 3.8) is 0 Å². The largest absolute Gasteiger partial charge is 0.390 e. The highest BCUT2D eigenvalue weighted by Crippen LogP contribution is 2.21. The molecule has 0 saturated heterocycles. The minimum Gasteiger partial charge on any atom is -0.390 e. The van der Waals surface area contributed by atoms with Crippen molar-refractivity contribution in [2.24, 2.45) is 0 Å². The van der Waals surface area contributed by atoms with Crippen molar-refractivity contribution < 1.29 is 5.11 Å². The van der Waals surface area contributed by atoms with Crippen molar-refractivity contribution >= 4 is 0 Å². The second-order valence-corrected chi connectivity index (χ2v) is 3.71. The average molecular weight is 214 g/mol. The molecule has 1 aromatic heterocycles. The Balaban J connectivity index is 2.60. The average Bonchev–Trinajstić information content (AvgIpc) is 2.33. The van der Waals surface area contributed by atoms with Crippen LogP contribution in [0.25, 0.3) is 11.3 Å². The number of rotatable bonds is 2. The minimum absolute atomic E-state index is 0.0850. The van der Waals surface area contributed by atoms with Crippen LogP contribution in [0.3, 0.4) is 0 Å². The number of aromatic nitrogens is 2. The third-order valence-electron chi connectivity index (χ3n) is 2.58. The summed E-state index contributed by atoms with van der Waals surface area (Å²) in [7, 11) is 0. The maximum absolute atomic E-state index is 9.29. The molecule has 0 aliphatic carbocycles. The Morgan fingerprint density at radius 2 is 1.62 bits per heavy atom. The molecule has 0 unspecified atom stereocenters. The van der Waals surface area contributed by atoms with E-state index in [9.17, 15) is 5.11 Å². The molecule has 3 heteroatoms. The lowest BCUT2D eigenvalue weighted by Crippen LogP contribution is -2.02. The Morgan fingerprint density at radius 1 is 1.00 bits per heavy atom. The first kappa shape index (κ1) is 10.8. The van der Waals surface area contributed by atoms with E-state index in [1.807, 2.05) is 44.2 Å². The van der Waals surface area contributed by atoms with Crippen LogP contribution >= 0.6 is 0 Å². The van der Waals surface area contributed by atoms with Crippen molar-refractivity contribution in [2.75, 3.05) is 0 Å². The van der Waals surface area contributed by atoms with Gasteiger partial charge in [0.15, 0.2) is 0 Å². The molecule has 0 bridgehead atoms. The summed E-state index contributed by atoms with van der Waals surface area (Å²) in [4.78, 5) is 8.85. The molecule has 0 aliphatic rings. The highest BCUT2D eigenvalue weighted by Gasteiger charge is 2.09. The number of hydrogen-bond donors (Lipinski definition) is 1. The van der Waals surface area contributed by atoms with Gasteiger partial charge in [0.1, 0.15) is 0 Å². The second kappa shape index (κ2) is 4.41. The maximum atomic E-state index is 9.29. The Kier molecular flexibility index (Phi) is 2.97. The van der Waals surface area contributed by atoms with Gasteiger partial charge in [0.05, 0.1) is 29.4 Å². The topological polar surface area (TPSA) is 46.0 Å².